The molecule has 0 saturated carbocycles. The van der Waals surface area contributed by atoms with Crippen LogP contribution < -0.4 is 0 Å². The number of aromatic amines is 1. The molecule has 0 fully saturated rings. The average Bonchev–Trinajstić information content (AvgIpc) is 2.74. The van der Waals surface area contributed by atoms with Crippen LogP contribution in [0.5, 0.6) is 0 Å². The molecule has 1 aromatic carbocycles. The predicted molar refractivity (Wildman–Crippen MR) is 75.6 cm³/mol. The van der Waals surface area contributed by atoms with Crippen LogP contribution in [0.25, 0.3) is 16.9 Å². The van der Waals surface area contributed by atoms with Gasteiger partial charge in [-0.25, -0.2) is 9.50 Å². The topological polar surface area (TPSA) is 33.1 Å². The minimum Gasteiger partial charge on any atom is -0.291 e. The lowest BCUT2D eigenvalue weighted by Gasteiger charge is -1.97. The number of aromatic nitrogens is 3. The SMILES string of the molecule is Cc1cc(=S)n2[nH]c(-c3ccc(Cl)cc3)cc2n1. The van der Waals surface area contributed by atoms with Crippen molar-refractivity contribution in [2.45, 2.75) is 6.92 Å². The van der Waals surface area contributed by atoms with Crippen molar-refractivity contribution in [1.29, 1.82) is 0 Å². The molecule has 2 aromatic heterocycles. The largest absolute Gasteiger partial charge is 0.291 e. The minimum atomic E-state index is 0.720. The fourth-order valence-corrected chi connectivity index (χ4v) is 2.32. The Hall–Kier alpha value is -1.65. The van der Waals surface area contributed by atoms with Gasteiger partial charge in [0.25, 0.3) is 0 Å². The highest BCUT2D eigenvalue weighted by Crippen LogP contribution is 2.21. The van der Waals surface area contributed by atoms with Crippen LogP contribution in [0.2, 0.25) is 5.02 Å². The maximum atomic E-state index is 5.88. The number of fused-ring (bicyclic) bond motifs is 1. The lowest BCUT2D eigenvalue weighted by Crippen LogP contribution is -1.93. The molecule has 0 bridgehead atoms. The molecule has 3 rings (SSSR count). The molecule has 3 aromatic rings. The number of H-pyrrole nitrogens is 1. The van der Waals surface area contributed by atoms with Crippen molar-refractivity contribution in [2.75, 3.05) is 0 Å². The molecule has 3 nitrogen and oxygen atoms in total. The van der Waals surface area contributed by atoms with Gasteiger partial charge >= 0.3 is 0 Å². The summed E-state index contributed by atoms with van der Waals surface area (Å²) in [7, 11) is 0. The monoisotopic (exact) mass is 275 g/mol. The quantitative estimate of drug-likeness (QED) is 0.681. The van der Waals surface area contributed by atoms with Gasteiger partial charge in [0.15, 0.2) is 5.65 Å². The zero-order valence-corrected chi connectivity index (χ0v) is 11.2. The van der Waals surface area contributed by atoms with E-state index < -0.39 is 0 Å². The lowest BCUT2D eigenvalue weighted by molar-refractivity contribution is 0.918. The molecule has 90 valence electrons. The van der Waals surface area contributed by atoms with E-state index in [1.165, 1.54) is 0 Å². The minimum absolute atomic E-state index is 0.720. The van der Waals surface area contributed by atoms with Crippen molar-refractivity contribution in [3.8, 4) is 11.3 Å². The Kier molecular flexibility index (Phi) is 2.69. The molecular formula is C13H10ClN3S. The number of hydrogen-bond acceptors (Lipinski definition) is 2. The third kappa shape index (κ3) is 1.94. The van der Waals surface area contributed by atoms with Crippen LogP contribution in [0, 0.1) is 11.6 Å². The first-order valence-corrected chi connectivity index (χ1v) is 6.27. The highest BCUT2D eigenvalue weighted by Gasteiger charge is 2.05. The zero-order chi connectivity index (χ0) is 12.7. The van der Waals surface area contributed by atoms with Crippen LogP contribution in [0.3, 0.4) is 0 Å². The van der Waals surface area contributed by atoms with Gasteiger partial charge in [0, 0.05) is 16.8 Å². The van der Waals surface area contributed by atoms with Crippen molar-refractivity contribution < 1.29 is 0 Å². The third-order valence-corrected chi connectivity index (χ3v) is 3.29. The molecule has 0 saturated heterocycles. The van der Waals surface area contributed by atoms with Crippen molar-refractivity contribution in [3.63, 3.8) is 0 Å². The third-order valence-electron chi connectivity index (χ3n) is 2.73. The van der Waals surface area contributed by atoms with Crippen LogP contribution in [-0.2, 0) is 0 Å². The number of nitrogens with one attached hydrogen (secondary N) is 1. The molecule has 18 heavy (non-hydrogen) atoms. The Morgan fingerprint density at radius 1 is 1.22 bits per heavy atom. The van der Waals surface area contributed by atoms with Gasteiger partial charge in [0.1, 0.15) is 4.64 Å². The molecule has 0 aliphatic heterocycles. The van der Waals surface area contributed by atoms with Crippen molar-refractivity contribution >= 4 is 29.5 Å². The molecule has 1 N–H and O–H groups in total. The highest BCUT2D eigenvalue weighted by atomic mass is 35.5. The van der Waals surface area contributed by atoms with E-state index in [0.717, 1.165) is 32.3 Å². The molecule has 0 aliphatic carbocycles. The summed E-state index contributed by atoms with van der Waals surface area (Å²) in [6.07, 6.45) is 0. The summed E-state index contributed by atoms with van der Waals surface area (Å²) in [6.45, 7) is 1.94. The summed E-state index contributed by atoms with van der Waals surface area (Å²) in [5.74, 6) is 0. The van der Waals surface area contributed by atoms with E-state index in [1.807, 2.05) is 43.3 Å². The highest BCUT2D eigenvalue weighted by molar-refractivity contribution is 7.71. The van der Waals surface area contributed by atoms with E-state index in [-0.39, 0.29) is 0 Å². The van der Waals surface area contributed by atoms with Gasteiger partial charge in [0.2, 0.25) is 0 Å². The van der Waals surface area contributed by atoms with E-state index in [4.69, 9.17) is 23.8 Å². The van der Waals surface area contributed by atoms with Crippen LogP contribution in [-0.4, -0.2) is 14.6 Å². The molecule has 0 radical (unpaired) electrons. The number of aryl methyl sites for hydroxylation is 1. The van der Waals surface area contributed by atoms with Crippen molar-refractivity contribution in [3.05, 3.63) is 51.8 Å². The predicted octanol–water partition coefficient (Wildman–Crippen LogP) is 4.02. The van der Waals surface area contributed by atoms with Crippen LogP contribution in [0.15, 0.2) is 36.4 Å². The van der Waals surface area contributed by atoms with E-state index in [2.05, 4.69) is 10.1 Å². The second-order valence-corrected chi connectivity index (χ2v) is 4.96. The van der Waals surface area contributed by atoms with E-state index in [1.54, 1.807) is 4.52 Å². The van der Waals surface area contributed by atoms with E-state index >= 15 is 0 Å². The molecular weight excluding hydrogens is 266 g/mol. The molecule has 0 amide bonds. The van der Waals surface area contributed by atoms with Crippen LogP contribution >= 0.6 is 23.8 Å². The lowest BCUT2D eigenvalue weighted by atomic mass is 10.2. The number of benzene rings is 1. The first-order valence-electron chi connectivity index (χ1n) is 5.49. The normalized spacial score (nSPS) is 11.0. The Morgan fingerprint density at radius 2 is 1.94 bits per heavy atom. The van der Waals surface area contributed by atoms with E-state index in [9.17, 15) is 0 Å². The number of hydrogen-bond donors (Lipinski definition) is 1. The molecule has 0 atom stereocenters. The van der Waals surface area contributed by atoms with Gasteiger partial charge in [0.05, 0.1) is 5.69 Å². The second-order valence-electron chi connectivity index (χ2n) is 4.11. The number of nitrogens with zero attached hydrogens (tertiary/aromatic N) is 2. The Bertz CT molecular complexity index is 771. The first-order chi connectivity index (χ1) is 8.63. The van der Waals surface area contributed by atoms with Crippen molar-refractivity contribution in [2.24, 2.45) is 0 Å². The fourth-order valence-electron chi connectivity index (χ4n) is 1.89. The first kappa shape index (κ1) is 11.4. The van der Waals surface area contributed by atoms with E-state index in [0.29, 0.717) is 0 Å². The molecule has 0 spiro atoms. The van der Waals surface area contributed by atoms with Crippen LogP contribution in [0.1, 0.15) is 5.69 Å². The molecule has 0 aliphatic rings. The molecule has 5 heteroatoms. The maximum Gasteiger partial charge on any atom is 0.155 e. The van der Waals surface area contributed by atoms with Crippen molar-refractivity contribution in [1.82, 2.24) is 14.6 Å². The van der Waals surface area contributed by atoms with Gasteiger partial charge in [-0.15, -0.1) is 0 Å². The fraction of sp³-hybridized carbons (Fsp3) is 0.0769. The molecule has 0 unspecified atom stereocenters. The standard InChI is InChI=1S/C13H10ClN3S/c1-8-6-13(18)17-12(15-8)7-11(16-17)9-2-4-10(14)5-3-9/h2-7,16H,1H3. The smallest absolute Gasteiger partial charge is 0.155 e. The second kappa shape index (κ2) is 4.23. The van der Waals surface area contributed by atoms with Gasteiger partial charge in [-0.2, -0.15) is 0 Å². The summed E-state index contributed by atoms with van der Waals surface area (Å²) in [4.78, 5) is 4.44. The van der Waals surface area contributed by atoms with Gasteiger partial charge < -0.3 is 0 Å². The summed E-state index contributed by atoms with van der Waals surface area (Å²) >= 11 is 11.2. The van der Waals surface area contributed by atoms with Gasteiger partial charge in [-0.05, 0) is 30.7 Å². The summed E-state index contributed by atoms with van der Waals surface area (Å²) in [6, 6.07) is 11.5. The van der Waals surface area contributed by atoms with Gasteiger partial charge in [-0.3, -0.25) is 5.10 Å². The summed E-state index contributed by atoms with van der Waals surface area (Å²) in [5.41, 5.74) is 3.76. The number of rotatable bonds is 1. The summed E-state index contributed by atoms with van der Waals surface area (Å²) in [5, 5.41) is 3.96. The Morgan fingerprint density at radius 3 is 2.67 bits per heavy atom. The maximum absolute atomic E-state index is 5.88. The summed E-state index contributed by atoms with van der Waals surface area (Å²) < 4.78 is 2.52. The average molecular weight is 276 g/mol. The number of halogens is 1. The Balaban J connectivity index is 2.22. The van der Waals surface area contributed by atoms with Crippen LogP contribution in [0.4, 0.5) is 0 Å². The molecule has 2 heterocycles. The zero-order valence-electron chi connectivity index (χ0n) is 9.64. The van der Waals surface area contributed by atoms with Gasteiger partial charge in [-0.1, -0.05) is 36.0 Å². The Labute approximate surface area is 114 Å².